The van der Waals surface area contributed by atoms with Gasteiger partial charge in [0, 0.05) is 16.1 Å². The maximum absolute atomic E-state index is 12.8. The highest BCUT2D eigenvalue weighted by Gasteiger charge is 2.35. The Morgan fingerprint density at radius 2 is 1.63 bits per heavy atom. The molecule has 3 aromatic rings. The van der Waals surface area contributed by atoms with E-state index in [0.717, 1.165) is 21.3 Å². The minimum Gasteiger partial charge on any atom is -0.496 e. The Morgan fingerprint density at radius 1 is 0.943 bits per heavy atom. The average Bonchev–Trinajstić information content (AvgIpc) is 2.88. The summed E-state index contributed by atoms with van der Waals surface area (Å²) in [4.78, 5) is 19.8. The summed E-state index contributed by atoms with van der Waals surface area (Å²) in [6, 6.07) is 19.3. The summed E-state index contributed by atoms with van der Waals surface area (Å²) in [6.45, 7) is 2.08. The first kappa shape index (κ1) is 24.6. The van der Waals surface area contributed by atoms with E-state index in [0.29, 0.717) is 28.6 Å². The highest BCUT2D eigenvalue weighted by Crippen LogP contribution is 2.44. The van der Waals surface area contributed by atoms with E-state index in [1.165, 1.54) is 0 Å². The summed E-state index contributed by atoms with van der Waals surface area (Å²) in [5.41, 5.74) is 3.46. The zero-order valence-corrected chi connectivity index (χ0v) is 21.7. The Bertz CT molecular complexity index is 1250. The molecule has 0 spiro atoms. The number of ether oxygens (including phenoxy) is 4. The van der Waals surface area contributed by atoms with Crippen molar-refractivity contribution >= 4 is 33.4 Å². The quantitative estimate of drug-likeness (QED) is 0.351. The van der Waals surface area contributed by atoms with Crippen molar-refractivity contribution in [3.05, 3.63) is 81.8 Å². The first-order chi connectivity index (χ1) is 17.0. The SMILES string of the molecule is CCOC(=O)CN1C(c2cc(OC)c(OC)cc2OC)=Nc2ccc(Br)cc2[C@H]1c1ccccc1. The molecular formula is C27H27BrN2O5. The second-order valence-corrected chi connectivity index (χ2v) is 8.71. The molecule has 0 aliphatic carbocycles. The lowest BCUT2D eigenvalue weighted by Gasteiger charge is -2.38. The molecule has 35 heavy (non-hydrogen) atoms. The van der Waals surface area contributed by atoms with Gasteiger partial charge in [-0.1, -0.05) is 46.3 Å². The van der Waals surface area contributed by atoms with Crippen molar-refractivity contribution in [3.63, 3.8) is 0 Å². The number of amidine groups is 1. The van der Waals surface area contributed by atoms with Crippen molar-refractivity contribution < 1.29 is 23.7 Å². The highest BCUT2D eigenvalue weighted by molar-refractivity contribution is 9.10. The molecule has 3 aromatic carbocycles. The van der Waals surface area contributed by atoms with Crippen LogP contribution in [0.3, 0.4) is 0 Å². The van der Waals surface area contributed by atoms with E-state index in [-0.39, 0.29) is 25.2 Å². The molecule has 0 amide bonds. The van der Waals surface area contributed by atoms with Gasteiger partial charge < -0.3 is 23.8 Å². The molecule has 0 saturated heterocycles. The fourth-order valence-corrected chi connectivity index (χ4v) is 4.62. The Hall–Kier alpha value is -3.52. The van der Waals surface area contributed by atoms with E-state index in [2.05, 4.69) is 15.9 Å². The lowest BCUT2D eigenvalue weighted by molar-refractivity contribution is -0.143. The largest absolute Gasteiger partial charge is 0.496 e. The van der Waals surface area contributed by atoms with Gasteiger partial charge in [0.05, 0.1) is 45.2 Å². The maximum atomic E-state index is 12.8. The van der Waals surface area contributed by atoms with Gasteiger partial charge >= 0.3 is 5.97 Å². The number of nitrogens with zero attached hydrogens (tertiary/aromatic N) is 2. The molecule has 0 bridgehead atoms. The van der Waals surface area contributed by atoms with Crippen LogP contribution in [0.5, 0.6) is 17.2 Å². The molecule has 1 aliphatic rings. The van der Waals surface area contributed by atoms with Crippen molar-refractivity contribution in [2.24, 2.45) is 4.99 Å². The molecule has 182 valence electrons. The van der Waals surface area contributed by atoms with Gasteiger partial charge in [-0.3, -0.25) is 4.79 Å². The van der Waals surface area contributed by atoms with Crippen molar-refractivity contribution in [2.45, 2.75) is 13.0 Å². The summed E-state index contributed by atoms with van der Waals surface area (Å²) in [5, 5.41) is 0. The zero-order chi connectivity index (χ0) is 24.9. The van der Waals surface area contributed by atoms with Crippen molar-refractivity contribution in [2.75, 3.05) is 34.5 Å². The third-order valence-electron chi connectivity index (χ3n) is 5.76. The number of carbonyl (C=O) groups is 1. The number of carbonyl (C=O) groups excluding carboxylic acids is 1. The predicted molar refractivity (Wildman–Crippen MR) is 138 cm³/mol. The van der Waals surface area contributed by atoms with Crippen LogP contribution in [0.25, 0.3) is 0 Å². The standard InChI is InChI=1S/C27H27BrN2O5/c1-5-35-25(31)16-30-26(17-9-7-6-8-10-17)19-13-18(28)11-12-21(19)29-27(30)20-14-23(33-3)24(34-4)15-22(20)32-2/h6-15,26H,5,16H2,1-4H3/t26-/m1/s1. The lowest BCUT2D eigenvalue weighted by Crippen LogP contribution is -2.42. The molecule has 7 nitrogen and oxygen atoms in total. The molecule has 8 heteroatoms. The molecule has 0 unspecified atom stereocenters. The molecule has 1 atom stereocenters. The Morgan fingerprint density at radius 3 is 2.29 bits per heavy atom. The third kappa shape index (κ3) is 4.98. The number of aliphatic imine (C=N–C) groups is 1. The third-order valence-corrected chi connectivity index (χ3v) is 6.25. The van der Waals surface area contributed by atoms with E-state index in [9.17, 15) is 4.79 Å². The van der Waals surface area contributed by atoms with Gasteiger partial charge in [-0.15, -0.1) is 0 Å². The van der Waals surface area contributed by atoms with Crippen LogP contribution in [0.2, 0.25) is 0 Å². The zero-order valence-electron chi connectivity index (χ0n) is 20.1. The molecule has 0 radical (unpaired) electrons. The van der Waals surface area contributed by atoms with Crippen LogP contribution >= 0.6 is 15.9 Å². The Kier molecular flexibility index (Phi) is 7.60. The topological polar surface area (TPSA) is 69.6 Å². The van der Waals surface area contributed by atoms with Crippen LogP contribution in [0, 0.1) is 0 Å². The second-order valence-electron chi connectivity index (χ2n) is 7.79. The summed E-state index contributed by atoms with van der Waals surface area (Å²) < 4.78 is 23.0. The Balaban J connectivity index is 1.99. The molecular weight excluding hydrogens is 512 g/mol. The summed E-state index contributed by atoms with van der Waals surface area (Å²) >= 11 is 3.59. The number of esters is 1. The minimum atomic E-state index is -0.348. The normalized spacial score (nSPS) is 14.6. The van der Waals surface area contributed by atoms with E-state index in [1.807, 2.05) is 59.5 Å². The lowest BCUT2D eigenvalue weighted by atomic mass is 9.92. The van der Waals surface area contributed by atoms with Gasteiger partial charge in [0.1, 0.15) is 18.1 Å². The fourth-order valence-electron chi connectivity index (χ4n) is 4.24. The summed E-state index contributed by atoms with van der Waals surface area (Å²) in [6.07, 6.45) is 0. The number of hydrogen-bond donors (Lipinski definition) is 0. The van der Waals surface area contributed by atoms with Crippen LogP contribution in [-0.2, 0) is 9.53 Å². The van der Waals surface area contributed by atoms with Gasteiger partial charge in [-0.25, -0.2) is 4.99 Å². The molecule has 0 N–H and O–H groups in total. The van der Waals surface area contributed by atoms with E-state index < -0.39 is 0 Å². The van der Waals surface area contributed by atoms with Gasteiger partial charge in [0.25, 0.3) is 0 Å². The molecule has 1 heterocycles. The number of methoxy groups -OCH3 is 3. The first-order valence-electron chi connectivity index (χ1n) is 11.2. The minimum absolute atomic E-state index is 0.00428. The van der Waals surface area contributed by atoms with Gasteiger partial charge in [-0.05, 0) is 36.8 Å². The fraction of sp³-hybridized carbons (Fsp3) is 0.259. The van der Waals surface area contributed by atoms with E-state index >= 15 is 0 Å². The maximum Gasteiger partial charge on any atom is 0.325 e. The molecule has 0 aromatic heterocycles. The Labute approximate surface area is 213 Å². The molecule has 0 saturated carbocycles. The van der Waals surface area contributed by atoms with Gasteiger partial charge in [0.15, 0.2) is 11.5 Å². The van der Waals surface area contributed by atoms with Gasteiger partial charge in [0.2, 0.25) is 0 Å². The number of benzene rings is 3. The number of halogens is 1. The van der Waals surface area contributed by atoms with Crippen molar-refractivity contribution in [3.8, 4) is 17.2 Å². The molecule has 0 fully saturated rings. The van der Waals surface area contributed by atoms with Crippen molar-refractivity contribution in [1.29, 1.82) is 0 Å². The van der Waals surface area contributed by atoms with Crippen LogP contribution in [0.4, 0.5) is 5.69 Å². The van der Waals surface area contributed by atoms with Crippen LogP contribution < -0.4 is 14.2 Å². The smallest absolute Gasteiger partial charge is 0.325 e. The summed E-state index contributed by atoms with van der Waals surface area (Å²) in [5.74, 6) is 1.83. The van der Waals surface area contributed by atoms with Crippen LogP contribution in [0.1, 0.15) is 29.7 Å². The average molecular weight is 539 g/mol. The number of hydrogen-bond acceptors (Lipinski definition) is 7. The monoisotopic (exact) mass is 538 g/mol. The number of rotatable bonds is 8. The van der Waals surface area contributed by atoms with E-state index in [4.69, 9.17) is 23.9 Å². The second kappa shape index (κ2) is 10.8. The predicted octanol–water partition coefficient (Wildman–Crippen LogP) is 5.52. The first-order valence-corrected chi connectivity index (χ1v) is 12.0. The van der Waals surface area contributed by atoms with E-state index in [1.54, 1.807) is 34.3 Å². The van der Waals surface area contributed by atoms with Crippen LogP contribution in [-0.4, -0.2) is 51.2 Å². The highest BCUT2D eigenvalue weighted by atomic mass is 79.9. The van der Waals surface area contributed by atoms with Crippen molar-refractivity contribution in [1.82, 2.24) is 4.90 Å². The molecule has 1 aliphatic heterocycles. The molecule has 4 rings (SSSR count). The summed E-state index contributed by atoms with van der Waals surface area (Å²) in [7, 11) is 4.73. The number of fused-ring (bicyclic) bond motifs is 1. The van der Waals surface area contributed by atoms with Gasteiger partial charge in [-0.2, -0.15) is 0 Å². The van der Waals surface area contributed by atoms with Crippen LogP contribution in [0.15, 0.2) is 70.1 Å².